The van der Waals surface area contributed by atoms with Crippen LogP contribution in [-0.4, -0.2) is 38.6 Å². The van der Waals surface area contributed by atoms with Gasteiger partial charge in [-0.1, -0.05) is 19.1 Å². The Kier molecular flexibility index (Phi) is 8.54. The van der Waals surface area contributed by atoms with Gasteiger partial charge in [0.25, 0.3) is 0 Å². The first-order chi connectivity index (χ1) is 18.6. The monoisotopic (exact) mass is 560 g/mol. The number of hydrogen-bond donors (Lipinski definition) is 0. The molecule has 0 aromatic heterocycles. The van der Waals surface area contributed by atoms with Gasteiger partial charge >= 0.3 is 6.11 Å². The fraction of sp³-hybridized carbons (Fsp3) is 0.571. The van der Waals surface area contributed by atoms with Gasteiger partial charge in [-0.15, -0.1) is 0 Å². The second-order valence-corrected chi connectivity index (χ2v) is 10.5. The van der Waals surface area contributed by atoms with Crippen molar-refractivity contribution < 1.29 is 50.0 Å². The van der Waals surface area contributed by atoms with Crippen LogP contribution in [0.15, 0.2) is 30.3 Å². The highest BCUT2D eigenvalue weighted by Gasteiger charge is 2.45. The van der Waals surface area contributed by atoms with Gasteiger partial charge in [-0.25, -0.2) is 17.6 Å². The van der Waals surface area contributed by atoms with Gasteiger partial charge < -0.3 is 23.7 Å². The predicted molar refractivity (Wildman–Crippen MR) is 126 cm³/mol. The Morgan fingerprint density at radius 2 is 1.26 bits per heavy atom. The minimum absolute atomic E-state index is 0.108. The van der Waals surface area contributed by atoms with E-state index in [4.69, 9.17) is 23.7 Å². The van der Waals surface area contributed by atoms with Crippen molar-refractivity contribution in [2.45, 2.75) is 63.3 Å². The summed E-state index contributed by atoms with van der Waals surface area (Å²) in [5.74, 6) is -5.83. The highest BCUT2D eigenvalue weighted by molar-refractivity contribution is 5.28. The molecule has 2 aromatic rings. The van der Waals surface area contributed by atoms with Gasteiger partial charge in [-0.3, -0.25) is 0 Å². The Labute approximate surface area is 222 Å². The number of rotatable bonds is 6. The molecule has 2 heterocycles. The molecule has 0 spiro atoms. The van der Waals surface area contributed by atoms with Gasteiger partial charge in [0.05, 0.1) is 32.3 Å². The van der Waals surface area contributed by atoms with E-state index >= 15 is 0 Å². The van der Waals surface area contributed by atoms with Crippen LogP contribution in [0.2, 0.25) is 0 Å². The minimum atomic E-state index is -3.47. The number of hydrogen-bond acceptors (Lipinski definition) is 5. The first kappa shape index (κ1) is 28.4. The van der Waals surface area contributed by atoms with Crippen LogP contribution in [0.25, 0.3) is 0 Å². The molecule has 0 unspecified atom stereocenters. The molecule has 39 heavy (non-hydrogen) atoms. The average molecular weight is 561 g/mol. The van der Waals surface area contributed by atoms with E-state index in [1.807, 2.05) is 6.92 Å². The van der Waals surface area contributed by atoms with Crippen molar-refractivity contribution in [1.82, 2.24) is 0 Å². The van der Waals surface area contributed by atoms with Crippen LogP contribution < -0.4 is 0 Å². The Bertz CT molecular complexity index is 1120. The lowest BCUT2D eigenvalue weighted by atomic mass is 9.78. The van der Waals surface area contributed by atoms with Crippen LogP contribution in [0.3, 0.4) is 0 Å². The molecule has 0 radical (unpaired) electrons. The molecular weight excluding hydrogens is 530 g/mol. The quantitative estimate of drug-likeness (QED) is 0.284. The molecule has 0 amide bonds. The van der Waals surface area contributed by atoms with Crippen LogP contribution in [0.4, 0.5) is 26.3 Å². The fourth-order valence-corrected chi connectivity index (χ4v) is 5.33. The first-order valence-electron chi connectivity index (χ1n) is 13.1. The average Bonchev–Trinajstić information content (AvgIpc) is 2.92. The third-order valence-corrected chi connectivity index (χ3v) is 7.47. The summed E-state index contributed by atoms with van der Waals surface area (Å²) in [5.41, 5.74) is 0.966. The molecule has 0 atom stereocenters. The van der Waals surface area contributed by atoms with Crippen LogP contribution >= 0.6 is 0 Å². The third kappa shape index (κ3) is 6.43. The maximum absolute atomic E-state index is 15.0. The third-order valence-electron chi connectivity index (χ3n) is 7.47. The Balaban J connectivity index is 1.12. The molecule has 0 N–H and O–H groups in total. The summed E-state index contributed by atoms with van der Waals surface area (Å²) in [6, 6.07) is 6.29. The molecule has 214 valence electrons. The van der Waals surface area contributed by atoms with Crippen molar-refractivity contribution in [3.8, 4) is 0 Å². The highest BCUT2D eigenvalue weighted by atomic mass is 19.3. The standard InChI is InChI=1S/C28H30F6O5/c1-15-11-35-26(36-12-15)17-4-7-21(22(29)8-17)16-2-5-19(6-3-16)28(33,34)39-20-13-37-27(38-14-20)18-9-23(30)25(32)24(31)10-18/h4,7-10,15-16,19-20,26-27H,2-3,5-6,11-14H2,1H3. The van der Waals surface area contributed by atoms with Crippen LogP contribution in [-0.2, 0) is 23.7 Å². The second-order valence-electron chi connectivity index (χ2n) is 10.5. The molecule has 2 saturated heterocycles. The topological polar surface area (TPSA) is 46.2 Å². The summed E-state index contributed by atoms with van der Waals surface area (Å²) in [6.07, 6.45) is -5.42. The highest BCUT2D eigenvalue weighted by Crippen LogP contribution is 2.44. The largest absolute Gasteiger partial charge is 0.358 e. The zero-order valence-electron chi connectivity index (χ0n) is 21.3. The molecule has 3 aliphatic rings. The van der Waals surface area contributed by atoms with E-state index in [2.05, 4.69) is 0 Å². The molecule has 3 fully saturated rings. The molecular formula is C28H30F6O5. The zero-order valence-corrected chi connectivity index (χ0v) is 21.3. The SMILES string of the molecule is CC1COC(c2ccc(C3CCC(C(F)(F)OC4COC(c5cc(F)c(F)c(F)c5)OC4)CC3)c(F)c2)OC1. The predicted octanol–water partition coefficient (Wildman–Crippen LogP) is 6.92. The van der Waals surface area contributed by atoms with Gasteiger partial charge in [0.1, 0.15) is 11.9 Å². The first-order valence-corrected chi connectivity index (χ1v) is 13.1. The van der Waals surface area contributed by atoms with Gasteiger partial charge in [0.2, 0.25) is 0 Å². The van der Waals surface area contributed by atoms with Crippen molar-refractivity contribution in [3.63, 3.8) is 0 Å². The van der Waals surface area contributed by atoms with Gasteiger partial charge in [0, 0.05) is 17.0 Å². The smallest absolute Gasteiger partial charge is 0.348 e. The summed E-state index contributed by atoms with van der Waals surface area (Å²) in [6.45, 7) is 2.45. The van der Waals surface area contributed by atoms with Crippen LogP contribution in [0, 0.1) is 35.1 Å². The number of ether oxygens (including phenoxy) is 5. The van der Waals surface area contributed by atoms with Crippen molar-refractivity contribution in [2.75, 3.05) is 26.4 Å². The van der Waals surface area contributed by atoms with Crippen molar-refractivity contribution in [3.05, 3.63) is 70.3 Å². The summed E-state index contributed by atoms with van der Waals surface area (Å²) in [7, 11) is 0. The Morgan fingerprint density at radius 3 is 1.85 bits per heavy atom. The molecule has 2 aliphatic heterocycles. The van der Waals surface area contributed by atoms with Crippen LogP contribution in [0.5, 0.6) is 0 Å². The molecule has 2 aromatic carbocycles. The van der Waals surface area contributed by atoms with E-state index in [1.54, 1.807) is 12.1 Å². The second kappa shape index (κ2) is 11.7. The Morgan fingerprint density at radius 1 is 0.718 bits per heavy atom. The van der Waals surface area contributed by atoms with E-state index < -0.39 is 54.0 Å². The summed E-state index contributed by atoms with van der Waals surface area (Å²) in [5, 5.41) is 0. The molecule has 5 nitrogen and oxygen atoms in total. The van der Waals surface area contributed by atoms with E-state index in [1.165, 1.54) is 6.07 Å². The Hall–Kier alpha value is -2.18. The van der Waals surface area contributed by atoms with Gasteiger partial charge in [-0.2, -0.15) is 8.78 Å². The van der Waals surface area contributed by atoms with Gasteiger partial charge in [-0.05, 0) is 55.4 Å². The summed E-state index contributed by atoms with van der Waals surface area (Å²) >= 11 is 0. The maximum Gasteiger partial charge on any atom is 0.358 e. The minimum Gasteiger partial charge on any atom is -0.348 e. The molecule has 5 rings (SSSR count). The number of halogens is 6. The lowest BCUT2D eigenvalue weighted by Gasteiger charge is -2.37. The fourth-order valence-electron chi connectivity index (χ4n) is 5.33. The molecule has 11 heteroatoms. The molecule has 0 bridgehead atoms. The number of benzene rings is 2. The molecule has 1 saturated carbocycles. The maximum atomic E-state index is 15.0. The summed E-state index contributed by atoms with van der Waals surface area (Å²) < 4.78 is 112. The zero-order chi connectivity index (χ0) is 27.7. The van der Waals surface area contributed by atoms with E-state index in [-0.39, 0.29) is 43.5 Å². The van der Waals surface area contributed by atoms with Gasteiger partial charge in [0.15, 0.2) is 30.0 Å². The van der Waals surface area contributed by atoms with Crippen molar-refractivity contribution in [1.29, 1.82) is 0 Å². The number of alkyl halides is 2. The van der Waals surface area contributed by atoms with Crippen molar-refractivity contribution >= 4 is 0 Å². The summed E-state index contributed by atoms with van der Waals surface area (Å²) in [4.78, 5) is 0. The van der Waals surface area contributed by atoms with E-state index in [9.17, 15) is 26.3 Å². The van der Waals surface area contributed by atoms with E-state index in [0.717, 1.165) is 12.1 Å². The van der Waals surface area contributed by atoms with Crippen LogP contribution in [0.1, 0.15) is 67.8 Å². The molecule has 1 aliphatic carbocycles. The lowest BCUT2D eigenvalue weighted by molar-refractivity contribution is -0.334. The normalized spacial score (nSPS) is 30.3. The van der Waals surface area contributed by atoms with Crippen molar-refractivity contribution in [2.24, 2.45) is 11.8 Å². The van der Waals surface area contributed by atoms with E-state index in [0.29, 0.717) is 37.2 Å². The lowest BCUT2D eigenvalue weighted by Crippen LogP contribution is -2.43.